The normalized spacial score (nSPS) is 10.7. The molecule has 1 N–H and O–H groups in total. The third-order valence-electron chi connectivity index (χ3n) is 5.14. The van der Waals surface area contributed by atoms with Gasteiger partial charge in [0.1, 0.15) is 0 Å². The van der Waals surface area contributed by atoms with E-state index in [9.17, 15) is 9.59 Å². The molecule has 0 spiro atoms. The van der Waals surface area contributed by atoms with Gasteiger partial charge in [-0.2, -0.15) is 0 Å². The highest BCUT2D eigenvalue weighted by atomic mass is 16.5. The van der Waals surface area contributed by atoms with Gasteiger partial charge in [-0.25, -0.2) is 4.98 Å². The third-order valence-corrected chi connectivity index (χ3v) is 5.14. The molecule has 0 saturated heterocycles. The average molecular weight is 441 g/mol. The van der Waals surface area contributed by atoms with Gasteiger partial charge >= 0.3 is 0 Å². The maximum atomic E-state index is 12.8. The number of carbonyl (C=O) groups excluding carboxylic acids is 1. The van der Waals surface area contributed by atoms with Gasteiger partial charge < -0.3 is 24.3 Å². The van der Waals surface area contributed by atoms with Gasteiger partial charge in [0, 0.05) is 30.8 Å². The van der Waals surface area contributed by atoms with Crippen molar-refractivity contribution in [3.05, 3.63) is 46.5 Å². The summed E-state index contributed by atoms with van der Waals surface area (Å²) in [6.45, 7) is 2.23. The van der Waals surface area contributed by atoms with Crippen molar-refractivity contribution in [2.75, 3.05) is 33.8 Å². The van der Waals surface area contributed by atoms with Crippen molar-refractivity contribution in [3.8, 4) is 23.0 Å². The first-order chi connectivity index (χ1) is 15.4. The number of hydrogen-bond donors (Lipinski definition) is 1. The molecular weight excluding hydrogens is 414 g/mol. The number of aryl methyl sites for hydroxylation is 2. The number of rotatable bonds is 9. The molecule has 170 valence electrons. The highest BCUT2D eigenvalue weighted by Crippen LogP contribution is 2.33. The summed E-state index contributed by atoms with van der Waals surface area (Å²) in [5.74, 6) is 1.94. The summed E-state index contributed by atoms with van der Waals surface area (Å²) in [6, 6.07) is 6.81. The Bertz CT molecular complexity index is 1190. The molecule has 32 heavy (non-hydrogen) atoms. The predicted molar refractivity (Wildman–Crippen MR) is 121 cm³/mol. The molecule has 1 heterocycles. The van der Waals surface area contributed by atoms with Crippen LogP contribution in [0.4, 0.5) is 5.69 Å². The molecule has 0 aliphatic carbocycles. The van der Waals surface area contributed by atoms with Gasteiger partial charge in [-0.3, -0.25) is 14.2 Å². The minimum absolute atomic E-state index is 0.159. The molecule has 0 fully saturated rings. The molecular formula is C23H27N3O6. The van der Waals surface area contributed by atoms with E-state index in [4.69, 9.17) is 18.9 Å². The Kier molecular flexibility index (Phi) is 7.19. The van der Waals surface area contributed by atoms with Gasteiger partial charge in [-0.1, -0.05) is 0 Å². The van der Waals surface area contributed by atoms with Crippen molar-refractivity contribution < 1.29 is 23.7 Å². The van der Waals surface area contributed by atoms with E-state index in [0.717, 1.165) is 5.56 Å². The van der Waals surface area contributed by atoms with Crippen molar-refractivity contribution >= 4 is 22.5 Å². The van der Waals surface area contributed by atoms with Crippen LogP contribution in [0.15, 0.2) is 35.4 Å². The number of fused-ring (bicyclic) bond motifs is 1. The van der Waals surface area contributed by atoms with E-state index in [0.29, 0.717) is 52.6 Å². The molecule has 9 nitrogen and oxygen atoms in total. The zero-order valence-corrected chi connectivity index (χ0v) is 18.9. The number of methoxy groups -OCH3 is 4. The van der Waals surface area contributed by atoms with E-state index in [1.807, 2.05) is 6.92 Å². The number of carbonyl (C=O) groups is 1. The lowest BCUT2D eigenvalue weighted by Gasteiger charge is -2.14. The first-order valence-electron chi connectivity index (χ1n) is 10.1. The van der Waals surface area contributed by atoms with Crippen LogP contribution in [0.25, 0.3) is 10.9 Å². The number of benzene rings is 2. The van der Waals surface area contributed by atoms with Crippen molar-refractivity contribution in [1.82, 2.24) is 9.55 Å². The Morgan fingerprint density at radius 2 is 1.53 bits per heavy atom. The van der Waals surface area contributed by atoms with Gasteiger partial charge in [0.05, 0.1) is 45.7 Å². The van der Waals surface area contributed by atoms with Gasteiger partial charge in [0.2, 0.25) is 5.91 Å². The summed E-state index contributed by atoms with van der Waals surface area (Å²) in [5.41, 5.74) is 1.83. The fraction of sp³-hybridized carbons (Fsp3) is 0.348. The molecule has 2 aromatic carbocycles. The second-order valence-corrected chi connectivity index (χ2v) is 7.14. The summed E-state index contributed by atoms with van der Waals surface area (Å²) in [6.07, 6.45) is 2.19. The number of nitrogens with one attached hydrogen (secondary N) is 1. The fourth-order valence-corrected chi connectivity index (χ4v) is 3.38. The van der Waals surface area contributed by atoms with Crippen LogP contribution in [0.3, 0.4) is 0 Å². The number of anilines is 1. The van der Waals surface area contributed by atoms with Crippen molar-refractivity contribution in [2.24, 2.45) is 0 Å². The SMILES string of the molecule is COc1cc(C)c(NC(=O)CCCn2cnc3cc(OC)c(OC)cc3c2=O)cc1OC. The highest BCUT2D eigenvalue weighted by molar-refractivity contribution is 5.92. The molecule has 9 heteroatoms. The van der Waals surface area contributed by atoms with E-state index in [1.54, 1.807) is 38.5 Å². The lowest BCUT2D eigenvalue weighted by Crippen LogP contribution is -2.22. The lowest BCUT2D eigenvalue weighted by atomic mass is 10.1. The van der Waals surface area contributed by atoms with Gasteiger partial charge in [-0.05, 0) is 31.0 Å². The second-order valence-electron chi connectivity index (χ2n) is 7.14. The van der Waals surface area contributed by atoms with Crippen LogP contribution in [0.5, 0.6) is 23.0 Å². The summed E-state index contributed by atoms with van der Waals surface area (Å²) >= 11 is 0. The molecule has 0 atom stereocenters. The maximum Gasteiger partial charge on any atom is 0.261 e. The summed E-state index contributed by atoms with van der Waals surface area (Å²) in [4.78, 5) is 29.6. The number of ether oxygens (including phenoxy) is 4. The quantitative estimate of drug-likeness (QED) is 0.544. The summed E-state index contributed by atoms with van der Waals surface area (Å²) in [5, 5.41) is 3.31. The Balaban J connectivity index is 1.68. The van der Waals surface area contributed by atoms with E-state index in [-0.39, 0.29) is 17.9 Å². The van der Waals surface area contributed by atoms with Crippen molar-refractivity contribution in [2.45, 2.75) is 26.3 Å². The van der Waals surface area contributed by atoms with Gasteiger partial charge in [-0.15, -0.1) is 0 Å². The fourth-order valence-electron chi connectivity index (χ4n) is 3.38. The lowest BCUT2D eigenvalue weighted by molar-refractivity contribution is -0.116. The molecule has 0 aliphatic rings. The molecule has 0 unspecified atom stereocenters. The average Bonchev–Trinajstić information content (AvgIpc) is 2.80. The summed E-state index contributed by atoms with van der Waals surface area (Å²) in [7, 11) is 6.14. The largest absolute Gasteiger partial charge is 0.493 e. The van der Waals surface area contributed by atoms with Crippen LogP contribution >= 0.6 is 0 Å². The molecule has 3 aromatic rings. The van der Waals surface area contributed by atoms with Gasteiger partial charge in [0.25, 0.3) is 5.56 Å². The van der Waals surface area contributed by atoms with Crippen LogP contribution in [-0.2, 0) is 11.3 Å². The molecule has 3 rings (SSSR count). The predicted octanol–water partition coefficient (Wildman–Crippen LogP) is 3.16. The highest BCUT2D eigenvalue weighted by Gasteiger charge is 2.13. The summed E-state index contributed by atoms with van der Waals surface area (Å²) < 4.78 is 22.6. The molecule has 0 radical (unpaired) electrons. The molecule has 0 aliphatic heterocycles. The number of hydrogen-bond acceptors (Lipinski definition) is 7. The zero-order valence-electron chi connectivity index (χ0n) is 18.9. The van der Waals surface area contributed by atoms with E-state index in [1.165, 1.54) is 25.1 Å². The second kappa shape index (κ2) is 10.0. The first-order valence-corrected chi connectivity index (χ1v) is 10.1. The number of aromatic nitrogens is 2. The van der Waals surface area contributed by atoms with Crippen LogP contribution in [0.1, 0.15) is 18.4 Å². The van der Waals surface area contributed by atoms with Gasteiger partial charge in [0.15, 0.2) is 23.0 Å². The van der Waals surface area contributed by atoms with E-state index >= 15 is 0 Å². The van der Waals surface area contributed by atoms with Crippen LogP contribution < -0.4 is 29.8 Å². The van der Waals surface area contributed by atoms with Crippen molar-refractivity contribution in [1.29, 1.82) is 0 Å². The van der Waals surface area contributed by atoms with Crippen LogP contribution in [-0.4, -0.2) is 43.9 Å². The number of nitrogens with zero attached hydrogens (tertiary/aromatic N) is 2. The molecule has 1 aromatic heterocycles. The Morgan fingerprint density at radius 3 is 2.19 bits per heavy atom. The topological polar surface area (TPSA) is 101 Å². The maximum absolute atomic E-state index is 12.8. The molecule has 0 bridgehead atoms. The van der Waals surface area contributed by atoms with E-state index < -0.39 is 0 Å². The number of amides is 1. The Morgan fingerprint density at radius 1 is 0.938 bits per heavy atom. The standard InChI is InChI=1S/C23H27N3O6/c1-14-9-18(29-2)20(31-4)11-16(14)25-22(27)7-6-8-26-13-24-17-12-21(32-5)19(30-3)10-15(17)23(26)28/h9-13H,6-8H2,1-5H3,(H,25,27). The van der Waals surface area contributed by atoms with Crippen LogP contribution in [0, 0.1) is 6.92 Å². The molecule has 1 amide bonds. The Labute approximate surface area is 185 Å². The molecule has 0 saturated carbocycles. The Hall–Kier alpha value is -3.75. The van der Waals surface area contributed by atoms with Crippen LogP contribution in [0.2, 0.25) is 0 Å². The minimum Gasteiger partial charge on any atom is -0.493 e. The third kappa shape index (κ3) is 4.77. The smallest absolute Gasteiger partial charge is 0.261 e. The van der Waals surface area contributed by atoms with E-state index in [2.05, 4.69) is 10.3 Å². The monoisotopic (exact) mass is 441 g/mol. The minimum atomic E-state index is -0.202. The first kappa shape index (κ1) is 22.9. The van der Waals surface area contributed by atoms with Crippen molar-refractivity contribution in [3.63, 3.8) is 0 Å². The zero-order chi connectivity index (χ0) is 23.3.